The van der Waals surface area contributed by atoms with Crippen molar-refractivity contribution < 1.29 is 0 Å². The molecule has 1 atom stereocenters. The van der Waals surface area contributed by atoms with E-state index < -0.39 is 0 Å². The van der Waals surface area contributed by atoms with Crippen LogP contribution in [-0.4, -0.2) is 25.2 Å². The average Bonchev–Trinajstić information content (AvgIpc) is 1.36. The molecule has 0 aromatic rings. The van der Waals surface area contributed by atoms with Crippen LogP contribution in [0.4, 0.5) is 0 Å². The summed E-state index contributed by atoms with van der Waals surface area (Å²) < 4.78 is 0. The second-order valence-electron chi connectivity index (χ2n) is 1.70. The van der Waals surface area contributed by atoms with E-state index >= 15 is 0 Å². The zero-order chi connectivity index (χ0) is 5.15. The van der Waals surface area contributed by atoms with Crippen molar-refractivity contribution in [3.05, 3.63) is 0 Å². The first kappa shape index (κ1) is 5.92. The van der Waals surface area contributed by atoms with Gasteiger partial charge in [-0.2, -0.15) is 0 Å². The van der Waals surface area contributed by atoms with Crippen LogP contribution in [0.15, 0.2) is 0 Å². The SMILES string of the molecule is C[C@H](N)N(C)C. The number of hydrogen-bond donors (Lipinski definition) is 1. The van der Waals surface area contributed by atoms with Crippen LogP contribution in [0.1, 0.15) is 6.92 Å². The molecular formula is C4H12N2. The fraction of sp³-hybridized carbons (Fsp3) is 1.00. The van der Waals surface area contributed by atoms with Gasteiger partial charge < -0.3 is 5.73 Å². The fourth-order valence-corrected chi connectivity index (χ4v) is 0. The third-order valence-electron chi connectivity index (χ3n) is 0.815. The Balaban J connectivity index is 2.99. The lowest BCUT2D eigenvalue weighted by Crippen LogP contribution is -2.32. The van der Waals surface area contributed by atoms with Crippen molar-refractivity contribution in [1.82, 2.24) is 4.90 Å². The first-order chi connectivity index (χ1) is 2.64. The molecule has 0 amide bonds. The molecule has 6 heavy (non-hydrogen) atoms. The highest BCUT2D eigenvalue weighted by Gasteiger charge is 1.90. The van der Waals surface area contributed by atoms with Crippen molar-refractivity contribution in [3.8, 4) is 0 Å². The number of rotatable bonds is 1. The maximum absolute atomic E-state index is 5.36. The lowest BCUT2D eigenvalue weighted by molar-refractivity contribution is 0.322. The van der Waals surface area contributed by atoms with E-state index in [-0.39, 0.29) is 6.17 Å². The summed E-state index contributed by atoms with van der Waals surface area (Å²) in [5.74, 6) is 0. The lowest BCUT2D eigenvalue weighted by Gasteiger charge is -2.12. The molecule has 0 heterocycles. The summed E-state index contributed by atoms with van der Waals surface area (Å²) in [5.41, 5.74) is 5.36. The van der Waals surface area contributed by atoms with Gasteiger partial charge in [0.25, 0.3) is 0 Å². The van der Waals surface area contributed by atoms with Gasteiger partial charge in [0.1, 0.15) is 0 Å². The predicted molar refractivity (Wildman–Crippen MR) is 27.3 cm³/mol. The highest BCUT2D eigenvalue weighted by molar-refractivity contribution is 4.43. The molecular weight excluding hydrogens is 76.1 g/mol. The lowest BCUT2D eigenvalue weighted by atomic mass is 10.6. The minimum atomic E-state index is 0.185. The molecule has 2 N–H and O–H groups in total. The summed E-state index contributed by atoms with van der Waals surface area (Å²) in [7, 11) is 3.90. The standard InChI is InChI=1S/C4H12N2/c1-4(5)6(2)3/h4H,5H2,1-3H3/t4-/m1/s1. The first-order valence-corrected chi connectivity index (χ1v) is 2.06. The number of nitrogens with zero attached hydrogens (tertiary/aromatic N) is 1. The Labute approximate surface area is 38.9 Å². The van der Waals surface area contributed by atoms with Crippen LogP contribution >= 0.6 is 0 Å². The van der Waals surface area contributed by atoms with Gasteiger partial charge in [-0.3, -0.25) is 4.90 Å². The van der Waals surface area contributed by atoms with E-state index in [0.717, 1.165) is 0 Å². The molecule has 0 aromatic carbocycles. The van der Waals surface area contributed by atoms with Gasteiger partial charge in [0.05, 0.1) is 6.17 Å². The summed E-state index contributed by atoms with van der Waals surface area (Å²) in [4.78, 5) is 1.94. The summed E-state index contributed by atoms with van der Waals surface area (Å²) in [6.45, 7) is 1.94. The van der Waals surface area contributed by atoms with E-state index in [4.69, 9.17) is 5.73 Å². The molecule has 38 valence electrons. The topological polar surface area (TPSA) is 29.3 Å². The number of nitrogens with two attached hydrogens (primary N) is 1. The quantitative estimate of drug-likeness (QED) is 0.452. The molecule has 0 spiro atoms. The second-order valence-corrected chi connectivity index (χ2v) is 1.70. The maximum Gasteiger partial charge on any atom is 0.0537 e. The predicted octanol–water partition coefficient (Wildman–Crippen LogP) is -0.147. The Morgan fingerprint density at radius 1 is 1.50 bits per heavy atom. The third kappa shape index (κ3) is 2.18. The summed E-state index contributed by atoms with van der Waals surface area (Å²) in [6.07, 6.45) is 0.185. The molecule has 0 unspecified atom stereocenters. The van der Waals surface area contributed by atoms with E-state index in [9.17, 15) is 0 Å². The minimum absolute atomic E-state index is 0.185. The zero-order valence-electron chi connectivity index (χ0n) is 4.60. The molecule has 0 aliphatic heterocycles. The molecule has 0 aliphatic rings. The van der Waals surface area contributed by atoms with Crippen molar-refractivity contribution in [2.45, 2.75) is 13.1 Å². The Morgan fingerprint density at radius 2 is 1.67 bits per heavy atom. The van der Waals surface area contributed by atoms with Crippen molar-refractivity contribution >= 4 is 0 Å². The fourth-order valence-electron chi connectivity index (χ4n) is 0. The van der Waals surface area contributed by atoms with Gasteiger partial charge in [-0.15, -0.1) is 0 Å². The van der Waals surface area contributed by atoms with E-state index in [2.05, 4.69) is 0 Å². The molecule has 2 heteroatoms. The van der Waals surface area contributed by atoms with Crippen molar-refractivity contribution in [2.75, 3.05) is 14.1 Å². The number of hydrogen-bond acceptors (Lipinski definition) is 2. The van der Waals surface area contributed by atoms with E-state index in [1.165, 1.54) is 0 Å². The van der Waals surface area contributed by atoms with Crippen molar-refractivity contribution in [1.29, 1.82) is 0 Å². The molecule has 0 saturated heterocycles. The van der Waals surface area contributed by atoms with Crippen LogP contribution in [0.5, 0.6) is 0 Å². The van der Waals surface area contributed by atoms with Crippen molar-refractivity contribution in [3.63, 3.8) is 0 Å². The van der Waals surface area contributed by atoms with E-state index in [0.29, 0.717) is 0 Å². The molecule has 0 saturated carbocycles. The van der Waals surface area contributed by atoms with E-state index in [1.807, 2.05) is 25.9 Å². The molecule has 0 rings (SSSR count). The molecule has 0 aromatic heterocycles. The van der Waals surface area contributed by atoms with Gasteiger partial charge in [-0.05, 0) is 21.0 Å². The molecule has 0 bridgehead atoms. The Kier molecular flexibility index (Phi) is 2.13. The average molecular weight is 88.2 g/mol. The monoisotopic (exact) mass is 88.1 g/mol. The van der Waals surface area contributed by atoms with Gasteiger partial charge in [0, 0.05) is 0 Å². The maximum atomic E-state index is 5.36. The minimum Gasteiger partial charge on any atom is -0.316 e. The molecule has 0 radical (unpaired) electrons. The summed E-state index contributed by atoms with van der Waals surface area (Å²) in [6, 6.07) is 0. The third-order valence-corrected chi connectivity index (χ3v) is 0.815. The van der Waals surface area contributed by atoms with Crippen LogP contribution in [0, 0.1) is 0 Å². The second kappa shape index (κ2) is 2.16. The highest BCUT2D eigenvalue weighted by atomic mass is 15.2. The van der Waals surface area contributed by atoms with Crippen molar-refractivity contribution in [2.24, 2.45) is 5.73 Å². The van der Waals surface area contributed by atoms with Crippen LogP contribution < -0.4 is 5.73 Å². The van der Waals surface area contributed by atoms with Crippen LogP contribution in [0.25, 0.3) is 0 Å². The van der Waals surface area contributed by atoms with Crippen LogP contribution in [0.3, 0.4) is 0 Å². The van der Waals surface area contributed by atoms with Gasteiger partial charge >= 0.3 is 0 Å². The van der Waals surface area contributed by atoms with Crippen LogP contribution in [-0.2, 0) is 0 Å². The Hall–Kier alpha value is -0.0800. The van der Waals surface area contributed by atoms with Crippen LogP contribution in [0.2, 0.25) is 0 Å². The normalized spacial score (nSPS) is 15.5. The smallest absolute Gasteiger partial charge is 0.0537 e. The van der Waals surface area contributed by atoms with Gasteiger partial charge in [0.2, 0.25) is 0 Å². The molecule has 0 fully saturated rings. The summed E-state index contributed by atoms with van der Waals surface area (Å²) in [5, 5.41) is 0. The zero-order valence-corrected chi connectivity index (χ0v) is 4.60. The highest BCUT2D eigenvalue weighted by Crippen LogP contribution is 1.75. The van der Waals surface area contributed by atoms with Gasteiger partial charge in [-0.25, -0.2) is 0 Å². The van der Waals surface area contributed by atoms with E-state index in [1.54, 1.807) is 0 Å². The Bertz CT molecular complexity index is 26.5. The first-order valence-electron chi connectivity index (χ1n) is 2.06. The van der Waals surface area contributed by atoms with Gasteiger partial charge in [0.15, 0.2) is 0 Å². The Morgan fingerprint density at radius 3 is 1.67 bits per heavy atom. The molecule has 0 aliphatic carbocycles. The largest absolute Gasteiger partial charge is 0.316 e. The molecule has 2 nitrogen and oxygen atoms in total. The van der Waals surface area contributed by atoms with Gasteiger partial charge in [-0.1, -0.05) is 0 Å². The summed E-state index contributed by atoms with van der Waals surface area (Å²) >= 11 is 0.